The number of rotatable bonds is 5. The van der Waals surface area contributed by atoms with Crippen molar-refractivity contribution >= 4 is 11.6 Å². The average Bonchev–Trinajstić information content (AvgIpc) is 3.11. The first-order chi connectivity index (χ1) is 14.1. The van der Waals surface area contributed by atoms with Crippen molar-refractivity contribution in [1.82, 2.24) is 0 Å². The van der Waals surface area contributed by atoms with Gasteiger partial charge in [-0.05, 0) is 37.1 Å². The van der Waals surface area contributed by atoms with E-state index in [0.717, 1.165) is 22.4 Å². The average molecular weight is 382 g/mol. The Morgan fingerprint density at radius 3 is 2.41 bits per heavy atom. The lowest BCUT2D eigenvalue weighted by Gasteiger charge is -2.34. The van der Waals surface area contributed by atoms with Crippen LogP contribution in [0.1, 0.15) is 29.5 Å². The van der Waals surface area contributed by atoms with Crippen LogP contribution in [0.25, 0.3) is 0 Å². The summed E-state index contributed by atoms with van der Waals surface area (Å²) in [5, 5.41) is 10.3. The molecule has 144 valence electrons. The predicted octanol–water partition coefficient (Wildman–Crippen LogP) is 5.12. The molecule has 3 aromatic carbocycles. The minimum Gasteiger partial charge on any atom is -0.488 e. The zero-order chi connectivity index (χ0) is 20.3. The van der Waals surface area contributed by atoms with Gasteiger partial charge in [0.05, 0.1) is 6.07 Å². The molecular weight excluding hydrogens is 360 g/mol. The molecule has 0 aromatic heterocycles. The van der Waals surface area contributed by atoms with Gasteiger partial charge in [-0.15, -0.1) is 0 Å². The molecule has 0 radical (unpaired) electrons. The summed E-state index contributed by atoms with van der Waals surface area (Å²) < 4.78 is 6.11. The highest BCUT2D eigenvalue weighted by Crippen LogP contribution is 2.45. The van der Waals surface area contributed by atoms with Crippen molar-refractivity contribution in [3.05, 3.63) is 95.6 Å². The minimum atomic E-state index is -1.08. The molecule has 1 heterocycles. The van der Waals surface area contributed by atoms with Crippen LogP contribution in [0.2, 0.25) is 0 Å². The zero-order valence-corrected chi connectivity index (χ0v) is 16.3. The van der Waals surface area contributed by atoms with Gasteiger partial charge in [0, 0.05) is 17.7 Å². The summed E-state index contributed by atoms with van der Waals surface area (Å²) in [4.78, 5) is 14.5. The number of nitriles is 1. The molecule has 3 aromatic rings. The Balaban J connectivity index is 1.74. The van der Waals surface area contributed by atoms with Crippen LogP contribution >= 0.6 is 0 Å². The smallest absolute Gasteiger partial charge is 0.228 e. The predicted molar refractivity (Wildman–Crippen MR) is 112 cm³/mol. The van der Waals surface area contributed by atoms with E-state index in [4.69, 9.17) is 4.74 Å². The van der Waals surface area contributed by atoms with Gasteiger partial charge in [0.1, 0.15) is 12.4 Å². The third-order valence-electron chi connectivity index (χ3n) is 5.38. The number of hydrogen-bond acceptors (Lipinski definition) is 3. The Labute approximate surface area is 171 Å². The van der Waals surface area contributed by atoms with E-state index in [0.29, 0.717) is 25.2 Å². The van der Waals surface area contributed by atoms with Gasteiger partial charge < -0.3 is 4.74 Å². The first-order valence-electron chi connectivity index (χ1n) is 9.71. The van der Waals surface area contributed by atoms with Gasteiger partial charge >= 0.3 is 0 Å². The van der Waals surface area contributed by atoms with Crippen LogP contribution in [0.5, 0.6) is 5.75 Å². The quantitative estimate of drug-likeness (QED) is 0.615. The molecule has 1 fully saturated rings. The zero-order valence-electron chi connectivity index (χ0n) is 16.3. The van der Waals surface area contributed by atoms with E-state index in [-0.39, 0.29) is 5.91 Å². The lowest BCUT2D eigenvalue weighted by atomic mass is 9.87. The van der Waals surface area contributed by atoms with E-state index in [2.05, 4.69) is 6.07 Å². The van der Waals surface area contributed by atoms with E-state index in [1.807, 2.05) is 85.8 Å². The van der Waals surface area contributed by atoms with Crippen LogP contribution in [0.15, 0.2) is 78.9 Å². The molecule has 0 N–H and O–H groups in total. The Bertz CT molecular complexity index is 1050. The standard InChI is InChI=1S/C25H22N2O2/c1-19-11-13-21(14-12-19)27-24(28)15-16-25(27,18-26)22-9-5-6-10-23(22)29-17-20-7-3-2-4-8-20/h2-14H,15-17H2,1H3/t25-/m0/s1. The number of carbonyl (C=O) groups is 1. The van der Waals surface area contributed by atoms with Crippen molar-refractivity contribution in [2.75, 3.05) is 4.90 Å². The first kappa shape index (κ1) is 18.8. The van der Waals surface area contributed by atoms with E-state index < -0.39 is 5.54 Å². The number of nitrogens with zero attached hydrogens (tertiary/aromatic N) is 2. The maximum atomic E-state index is 12.8. The summed E-state index contributed by atoms with van der Waals surface area (Å²) in [5.41, 5.74) is 2.53. The van der Waals surface area contributed by atoms with Crippen LogP contribution in [0.4, 0.5) is 5.69 Å². The highest BCUT2D eigenvalue weighted by molar-refractivity contribution is 5.98. The molecule has 1 atom stereocenters. The van der Waals surface area contributed by atoms with Gasteiger partial charge in [-0.3, -0.25) is 9.69 Å². The SMILES string of the molecule is Cc1ccc(N2C(=O)CC[C@]2(C#N)c2ccccc2OCc2ccccc2)cc1. The Hall–Kier alpha value is -3.58. The Kier molecular flexibility index (Phi) is 5.05. The molecule has 1 aliphatic heterocycles. The van der Waals surface area contributed by atoms with Crippen LogP contribution in [-0.2, 0) is 16.9 Å². The second-order valence-corrected chi connectivity index (χ2v) is 7.31. The number of hydrogen-bond donors (Lipinski definition) is 0. The molecule has 0 spiro atoms. The Morgan fingerprint density at radius 1 is 1.00 bits per heavy atom. The third kappa shape index (κ3) is 3.48. The van der Waals surface area contributed by atoms with Crippen molar-refractivity contribution in [2.45, 2.75) is 31.9 Å². The van der Waals surface area contributed by atoms with Crippen LogP contribution in [-0.4, -0.2) is 5.91 Å². The number of amides is 1. The third-order valence-corrected chi connectivity index (χ3v) is 5.38. The Morgan fingerprint density at radius 2 is 1.69 bits per heavy atom. The molecular formula is C25H22N2O2. The van der Waals surface area contributed by atoms with E-state index in [1.54, 1.807) is 4.90 Å². The molecule has 4 rings (SSSR count). The van der Waals surface area contributed by atoms with Gasteiger partial charge in [0.25, 0.3) is 0 Å². The molecule has 1 saturated heterocycles. The topological polar surface area (TPSA) is 53.3 Å². The fraction of sp³-hybridized carbons (Fsp3) is 0.200. The molecule has 4 nitrogen and oxygen atoms in total. The summed E-state index contributed by atoms with van der Waals surface area (Å²) in [6.07, 6.45) is 0.760. The summed E-state index contributed by atoms with van der Waals surface area (Å²) in [6.45, 7) is 2.40. The normalized spacial score (nSPS) is 18.5. The van der Waals surface area contributed by atoms with Crippen molar-refractivity contribution in [2.24, 2.45) is 0 Å². The van der Waals surface area contributed by atoms with Crippen molar-refractivity contribution < 1.29 is 9.53 Å². The van der Waals surface area contributed by atoms with Gasteiger partial charge in [0.2, 0.25) is 5.91 Å². The number of anilines is 1. The van der Waals surface area contributed by atoms with Gasteiger partial charge in [-0.2, -0.15) is 5.26 Å². The van der Waals surface area contributed by atoms with Crippen LogP contribution in [0.3, 0.4) is 0 Å². The largest absolute Gasteiger partial charge is 0.488 e. The highest BCUT2D eigenvalue weighted by Gasteiger charge is 2.49. The maximum absolute atomic E-state index is 12.8. The molecule has 0 unspecified atom stereocenters. The minimum absolute atomic E-state index is 0.0479. The van der Waals surface area contributed by atoms with Crippen LogP contribution in [0, 0.1) is 18.3 Å². The lowest BCUT2D eigenvalue weighted by Crippen LogP contribution is -2.42. The number of ether oxygens (including phenoxy) is 1. The molecule has 0 saturated carbocycles. The number of benzene rings is 3. The number of carbonyl (C=O) groups excluding carboxylic acids is 1. The lowest BCUT2D eigenvalue weighted by molar-refractivity contribution is -0.117. The van der Waals surface area contributed by atoms with Gasteiger partial charge in [-0.1, -0.05) is 66.2 Å². The van der Waals surface area contributed by atoms with Gasteiger partial charge in [-0.25, -0.2) is 0 Å². The fourth-order valence-electron chi connectivity index (χ4n) is 3.87. The van der Waals surface area contributed by atoms with Crippen molar-refractivity contribution in [3.8, 4) is 11.8 Å². The van der Waals surface area contributed by atoms with E-state index >= 15 is 0 Å². The molecule has 1 amide bonds. The van der Waals surface area contributed by atoms with E-state index in [1.165, 1.54) is 0 Å². The highest BCUT2D eigenvalue weighted by atomic mass is 16.5. The number of aryl methyl sites for hydroxylation is 1. The summed E-state index contributed by atoms with van der Waals surface area (Å²) >= 11 is 0. The van der Waals surface area contributed by atoms with Crippen molar-refractivity contribution in [1.29, 1.82) is 5.26 Å². The summed E-state index contributed by atoms with van der Waals surface area (Å²) in [7, 11) is 0. The summed E-state index contributed by atoms with van der Waals surface area (Å²) in [6, 6.07) is 27.6. The molecule has 0 bridgehead atoms. The maximum Gasteiger partial charge on any atom is 0.228 e. The molecule has 0 aliphatic carbocycles. The molecule has 4 heteroatoms. The fourth-order valence-corrected chi connectivity index (χ4v) is 3.87. The molecule has 29 heavy (non-hydrogen) atoms. The summed E-state index contributed by atoms with van der Waals surface area (Å²) in [5.74, 6) is 0.581. The van der Waals surface area contributed by atoms with Crippen LogP contribution < -0.4 is 9.64 Å². The van der Waals surface area contributed by atoms with Crippen molar-refractivity contribution in [3.63, 3.8) is 0 Å². The van der Waals surface area contributed by atoms with E-state index in [9.17, 15) is 10.1 Å². The van der Waals surface area contributed by atoms with Gasteiger partial charge in [0.15, 0.2) is 5.54 Å². The number of para-hydroxylation sites is 1. The monoisotopic (exact) mass is 382 g/mol. The molecule has 1 aliphatic rings. The first-order valence-corrected chi connectivity index (χ1v) is 9.71. The second kappa shape index (κ2) is 7.81. The second-order valence-electron chi connectivity index (χ2n) is 7.31.